The van der Waals surface area contributed by atoms with Crippen molar-refractivity contribution in [2.75, 3.05) is 5.32 Å². The molecule has 0 aliphatic heterocycles. The molecule has 0 saturated heterocycles. The zero-order valence-electron chi connectivity index (χ0n) is 16.2. The van der Waals surface area contributed by atoms with Gasteiger partial charge < -0.3 is 5.32 Å². The monoisotopic (exact) mass is 447 g/mol. The summed E-state index contributed by atoms with van der Waals surface area (Å²) in [7, 11) is 0. The van der Waals surface area contributed by atoms with Crippen molar-refractivity contribution in [1.29, 1.82) is 0 Å². The number of halogens is 3. The molecule has 0 saturated carbocycles. The molecule has 0 aliphatic carbocycles. The third-order valence-corrected chi connectivity index (χ3v) is 5.39. The summed E-state index contributed by atoms with van der Waals surface area (Å²) in [6.07, 6.45) is -3.27. The van der Waals surface area contributed by atoms with Crippen molar-refractivity contribution in [3.05, 3.63) is 69.7 Å². The highest BCUT2D eigenvalue weighted by Gasteiger charge is 2.34. The maximum absolute atomic E-state index is 13.4. The van der Waals surface area contributed by atoms with Crippen molar-refractivity contribution in [3.8, 4) is 5.69 Å². The number of hydrogen-bond acceptors (Lipinski definition) is 5. The number of nitrogens with zero attached hydrogens (tertiary/aromatic N) is 4. The summed E-state index contributed by atoms with van der Waals surface area (Å²) in [6, 6.07) is 8.15. The summed E-state index contributed by atoms with van der Waals surface area (Å²) in [6.45, 7) is 1.69. The molecule has 31 heavy (non-hydrogen) atoms. The highest BCUT2D eigenvalue weighted by Crippen LogP contribution is 2.34. The Morgan fingerprint density at radius 1 is 1.23 bits per heavy atom. The minimum absolute atomic E-state index is 0.0671. The van der Waals surface area contributed by atoms with Crippen molar-refractivity contribution in [1.82, 2.24) is 19.3 Å². The molecule has 1 amide bonds. The Kier molecular flexibility index (Phi) is 5.36. The average Bonchev–Trinajstić information content (AvgIpc) is 3.33. The third-order valence-electron chi connectivity index (χ3n) is 4.57. The van der Waals surface area contributed by atoms with Crippen molar-refractivity contribution in [3.63, 3.8) is 0 Å². The van der Waals surface area contributed by atoms with Crippen LogP contribution in [-0.2, 0) is 17.5 Å². The van der Waals surface area contributed by atoms with Crippen LogP contribution in [0.2, 0.25) is 0 Å². The predicted octanol–water partition coefficient (Wildman–Crippen LogP) is 4.00. The number of anilines is 1. The lowest BCUT2D eigenvalue weighted by molar-refractivity contribution is -0.137. The van der Waals surface area contributed by atoms with Crippen molar-refractivity contribution < 1.29 is 18.0 Å². The molecule has 0 bridgehead atoms. The van der Waals surface area contributed by atoms with Crippen LogP contribution in [0.5, 0.6) is 0 Å². The van der Waals surface area contributed by atoms with Gasteiger partial charge in [-0.2, -0.15) is 18.3 Å². The lowest BCUT2D eigenvalue weighted by Gasteiger charge is -2.15. The predicted molar refractivity (Wildman–Crippen MR) is 110 cm³/mol. The third kappa shape index (κ3) is 4.22. The van der Waals surface area contributed by atoms with E-state index in [1.807, 2.05) is 0 Å². The molecule has 0 aliphatic rings. The maximum Gasteiger partial charge on any atom is 0.418 e. The zero-order chi connectivity index (χ0) is 22.2. The summed E-state index contributed by atoms with van der Waals surface area (Å²) in [5.74, 6) is -0.360. The van der Waals surface area contributed by atoms with Gasteiger partial charge in [0.2, 0.25) is 5.91 Å². The van der Waals surface area contributed by atoms with Crippen LogP contribution in [-0.4, -0.2) is 25.2 Å². The molecule has 0 unspecified atom stereocenters. The molecule has 3 heterocycles. The first-order valence-electron chi connectivity index (χ1n) is 9.20. The van der Waals surface area contributed by atoms with Gasteiger partial charge >= 0.3 is 6.18 Å². The highest BCUT2D eigenvalue weighted by molar-refractivity contribution is 7.16. The minimum atomic E-state index is -4.58. The molecular formula is C20H16F3N5O2S. The van der Waals surface area contributed by atoms with Gasteiger partial charge in [0, 0.05) is 19.0 Å². The Labute approximate surface area is 177 Å². The minimum Gasteiger partial charge on any atom is -0.311 e. The van der Waals surface area contributed by atoms with E-state index >= 15 is 0 Å². The summed E-state index contributed by atoms with van der Waals surface area (Å²) in [5, 5.41) is 8.94. The Morgan fingerprint density at radius 2 is 2.00 bits per heavy atom. The molecule has 160 valence electrons. The number of fused-ring (bicyclic) bond motifs is 1. The van der Waals surface area contributed by atoms with Gasteiger partial charge in [-0.05, 0) is 30.5 Å². The molecule has 4 rings (SSSR count). The van der Waals surface area contributed by atoms with Crippen LogP contribution in [0.15, 0.2) is 52.9 Å². The summed E-state index contributed by atoms with van der Waals surface area (Å²) in [4.78, 5) is 29.7. The number of nitrogens with one attached hydrogen (secondary N) is 1. The quantitative estimate of drug-likeness (QED) is 0.502. The number of para-hydroxylation sites is 1. The van der Waals surface area contributed by atoms with Crippen molar-refractivity contribution in [2.45, 2.75) is 26.1 Å². The number of alkyl halides is 3. The number of thiophene rings is 1. The fraction of sp³-hybridized carbons (Fsp3) is 0.200. The standard InChI is InChI=1S/C20H16F3N5O2S/c1-12-10-16(28(26-12)15-5-3-2-4-14(15)20(21,22)23)25-17(29)6-8-27-11-24-18-13(19(27)30)7-9-31-18/h2-5,7,9-11H,6,8H2,1H3,(H,25,29). The van der Waals surface area contributed by atoms with E-state index < -0.39 is 17.6 Å². The van der Waals surface area contributed by atoms with Gasteiger partial charge in [0.25, 0.3) is 5.56 Å². The largest absolute Gasteiger partial charge is 0.418 e. The Hall–Kier alpha value is -3.47. The molecule has 3 aromatic heterocycles. The number of aryl methyl sites for hydroxylation is 2. The van der Waals surface area contributed by atoms with Crippen LogP contribution < -0.4 is 10.9 Å². The van der Waals surface area contributed by atoms with Crippen LogP contribution >= 0.6 is 11.3 Å². The number of carbonyl (C=O) groups is 1. The lowest BCUT2D eigenvalue weighted by Crippen LogP contribution is -2.24. The van der Waals surface area contributed by atoms with Gasteiger partial charge in [0.1, 0.15) is 10.6 Å². The second kappa shape index (κ2) is 7.99. The topological polar surface area (TPSA) is 81.8 Å². The molecule has 1 N–H and O–H groups in total. The molecule has 7 nitrogen and oxygen atoms in total. The van der Waals surface area contributed by atoms with Gasteiger partial charge in [-0.15, -0.1) is 11.3 Å². The number of amides is 1. The van der Waals surface area contributed by atoms with Gasteiger partial charge in [0.15, 0.2) is 0 Å². The fourth-order valence-corrected chi connectivity index (χ4v) is 3.87. The van der Waals surface area contributed by atoms with Crippen LogP contribution in [0.25, 0.3) is 15.9 Å². The van der Waals surface area contributed by atoms with Crippen LogP contribution in [0.1, 0.15) is 17.7 Å². The Bertz CT molecular complexity index is 1320. The molecule has 4 aromatic rings. The second-order valence-corrected chi connectivity index (χ2v) is 7.67. The van der Waals surface area contributed by atoms with E-state index in [0.717, 1.165) is 10.7 Å². The maximum atomic E-state index is 13.4. The van der Waals surface area contributed by atoms with Crippen molar-refractivity contribution >= 4 is 33.3 Å². The Balaban J connectivity index is 1.55. The molecule has 0 fully saturated rings. The number of hydrogen-bond donors (Lipinski definition) is 1. The first-order valence-corrected chi connectivity index (χ1v) is 10.1. The highest BCUT2D eigenvalue weighted by atomic mass is 32.1. The van der Waals surface area contributed by atoms with Crippen LogP contribution in [0.4, 0.5) is 19.0 Å². The zero-order valence-corrected chi connectivity index (χ0v) is 17.0. The van der Waals surface area contributed by atoms with E-state index in [0.29, 0.717) is 15.9 Å². The van der Waals surface area contributed by atoms with E-state index in [1.54, 1.807) is 18.4 Å². The molecule has 0 atom stereocenters. The lowest BCUT2D eigenvalue weighted by atomic mass is 10.1. The van der Waals surface area contributed by atoms with E-state index in [2.05, 4.69) is 15.4 Å². The fourth-order valence-electron chi connectivity index (χ4n) is 3.15. The normalized spacial score (nSPS) is 11.7. The number of carbonyl (C=O) groups excluding carboxylic acids is 1. The van der Waals surface area contributed by atoms with Gasteiger partial charge in [-0.3, -0.25) is 14.2 Å². The summed E-state index contributed by atoms with van der Waals surface area (Å²) >= 11 is 1.35. The number of rotatable bonds is 5. The SMILES string of the molecule is Cc1cc(NC(=O)CCn2cnc3sccc3c2=O)n(-c2ccccc2C(F)(F)F)n1. The van der Waals surface area contributed by atoms with Crippen molar-refractivity contribution in [2.24, 2.45) is 0 Å². The van der Waals surface area contributed by atoms with Crippen LogP contribution in [0, 0.1) is 6.92 Å². The molecule has 1 aromatic carbocycles. The van der Waals surface area contributed by atoms with E-state index in [4.69, 9.17) is 0 Å². The smallest absolute Gasteiger partial charge is 0.311 e. The molecule has 11 heteroatoms. The number of aromatic nitrogens is 4. The van der Waals surface area contributed by atoms with Gasteiger partial charge in [-0.25, -0.2) is 9.67 Å². The first-order chi connectivity index (χ1) is 14.7. The van der Waals surface area contributed by atoms with Crippen LogP contribution in [0.3, 0.4) is 0 Å². The van der Waals surface area contributed by atoms with E-state index in [-0.39, 0.29) is 30.0 Å². The van der Waals surface area contributed by atoms with Gasteiger partial charge in [-0.1, -0.05) is 12.1 Å². The molecular weight excluding hydrogens is 431 g/mol. The molecule has 0 radical (unpaired) electrons. The van der Waals surface area contributed by atoms with Gasteiger partial charge in [0.05, 0.1) is 28.7 Å². The first kappa shape index (κ1) is 20.8. The summed E-state index contributed by atoms with van der Waals surface area (Å²) < 4.78 is 42.6. The Morgan fingerprint density at radius 3 is 2.77 bits per heavy atom. The van der Waals surface area contributed by atoms with E-state index in [9.17, 15) is 22.8 Å². The van der Waals surface area contributed by atoms with E-state index in [1.165, 1.54) is 46.5 Å². The second-order valence-electron chi connectivity index (χ2n) is 6.78. The number of benzene rings is 1. The average molecular weight is 447 g/mol. The summed E-state index contributed by atoms with van der Waals surface area (Å²) in [5.41, 5.74) is -0.869. The molecule has 0 spiro atoms.